The summed E-state index contributed by atoms with van der Waals surface area (Å²) in [6.45, 7) is -0.449. The first-order valence-electron chi connectivity index (χ1n) is 6.55. The zero-order chi connectivity index (χ0) is 16.5. The van der Waals surface area contributed by atoms with Gasteiger partial charge in [-0.3, -0.25) is 9.59 Å². The highest BCUT2D eigenvalue weighted by molar-refractivity contribution is 5.98. The van der Waals surface area contributed by atoms with Gasteiger partial charge in [-0.1, -0.05) is 0 Å². The van der Waals surface area contributed by atoms with E-state index in [4.69, 9.17) is 0 Å². The fraction of sp³-hybridized carbons (Fsp3) is 0.429. The third kappa shape index (κ3) is 3.42. The summed E-state index contributed by atoms with van der Waals surface area (Å²) in [6.07, 6.45) is -4.92. The molecule has 0 saturated carbocycles. The Morgan fingerprint density at radius 2 is 1.68 bits per heavy atom. The van der Waals surface area contributed by atoms with E-state index in [1.165, 1.54) is 0 Å². The Morgan fingerprint density at radius 3 is 2.18 bits per heavy atom. The average molecular weight is 321 g/mol. The van der Waals surface area contributed by atoms with Gasteiger partial charge in [0.05, 0.1) is 5.56 Å². The number of alkyl halides is 3. The molecule has 0 aromatic heterocycles. The fourth-order valence-corrected chi connectivity index (χ4v) is 2.43. The second-order valence-electron chi connectivity index (χ2n) is 5.05. The SMILES string of the molecule is O=C(c1ccc(F)cc1F)C1CCN(C(=O)C(F)(F)F)CC1. The maximum atomic E-state index is 13.5. The summed E-state index contributed by atoms with van der Waals surface area (Å²) in [5, 5.41) is 0. The maximum absolute atomic E-state index is 13.5. The zero-order valence-corrected chi connectivity index (χ0v) is 11.3. The number of ketones is 1. The van der Waals surface area contributed by atoms with Crippen molar-refractivity contribution in [1.29, 1.82) is 0 Å². The summed E-state index contributed by atoms with van der Waals surface area (Å²) in [5.41, 5.74) is -0.290. The highest BCUT2D eigenvalue weighted by Gasteiger charge is 2.43. The van der Waals surface area contributed by atoms with Crippen LogP contribution in [-0.4, -0.2) is 35.9 Å². The second-order valence-corrected chi connectivity index (χ2v) is 5.05. The first kappa shape index (κ1) is 16.4. The number of hydrogen-bond donors (Lipinski definition) is 0. The molecular formula is C14H12F5NO2. The molecule has 0 bridgehead atoms. The van der Waals surface area contributed by atoms with Crippen molar-refractivity contribution in [1.82, 2.24) is 4.90 Å². The monoisotopic (exact) mass is 321 g/mol. The molecule has 3 nitrogen and oxygen atoms in total. The number of nitrogens with zero attached hydrogens (tertiary/aromatic N) is 1. The van der Waals surface area contributed by atoms with Crippen molar-refractivity contribution < 1.29 is 31.5 Å². The number of likely N-dealkylation sites (tertiary alicyclic amines) is 1. The lowest BCUT2D eigenvalue weighted by molar-refractivity contribution is -0.186. The predicted molar refractivity (Wildman–Crippen MR) is 66.0 cm³/mol. The molecule has 1 amide bonds. The number of Topliss-reactive ketones (excluding diaryl/α,β-unsaturated/α-hetero) is 1. The Labute approximate surface area is 122 Å². The van der Waals surface area contributed by atoms with Gasteiger partial charge >= 0.3 is 12.1 Å². The number of carbonyl (C=O) groups is 2. The smallest absolute Gasteiger partial charge is 0.335 e. The first-order chi connectivity index (χ1) is 10.2. The number of halogens is 5. The van der Waals surface area contributed by atoms with Gasteiger partial charge in [0.25, 0.3) is 0 Å². The molecule has 0 unspecified atom stereocenters. The highest BCUT2D eigenvalue weighted by atomic mass is 19.4. The van der Waals surface area contributed by atoms with Crippen molar-refractivity contribution in [2.24, 2.45) is 5.92 Å². The van der Waals surface area contributed by atoms with Crippen molar-refractivity contribution in [3.8, 4) is 0 Å². The van der Waals surface area contributed by atoms with Crippen molar-refractivity contribution >= 4 is 11.7 Å². The summed E-state index contributed by atoms with van der Waals surface area (Å²) in [6, 6.07) is 2.54. The van der Waals surface area contributed by atoms with E-state index in [2.05, 4.69) is 0 Å². The van der Waals surface area contributed by atoms with Gasteiger partial charge in [-0.2, -0.15) is 13.2 Å². The highest BCUT2D eigenvalue weighted by Crippen LogP contribution is 2.26. The van der Waals surface area contributed by atoms with Crippen LogP contribution in [0.15, 0.2) is 18.2 Å². The third-order valence-corrected chi connectivity index (χ3v) is 3.59. The van der Waals surface area contributed by atoms with E-state index in [-0.39, 0.29) is 31.5 Å². The van der Waals surface area contributed by atoms with Gasteiger partial charge in [-0.05, 0) is 25.0 Å². The first-order valence-corrected chi connectivity index (χ1v) is 6.55. The molecule has 1 heterocycles. The lowest BCUT2D eigenvalue weighted by Crippen LogP contribution is -2.46. The fourth-order valence-electron chi connectivity index (χ4n) is 2.43. The maximum Gasteiger partial charge on any atom is 0.471 e. The molecule has 0 spiro atoms. The van der Waals surface area contributed by atoms with Crippen LogP contribution in [-0.2, 0) is 4.79 Å². The Bertz CT molecular complexity index is 591. The molecule has 0 aliphatic carbocycles. The van der Waals surface area contributed by atoms with Crippen LogP contribution in [0.1, 0.15) is 23.2 Å². The lowest BCUT2D eigenvalue weighted by atomic mass is 9.88. The van der Waals surface area contributed by atoms with Crippen molar-refractivity contribution in [2.45, 2.75) is 19.0 Å². The van der Waals surface area contributed by atoms with E-state index >= 15 is 0 Å². The molecule has 0 radical (unpaired) electrons. The molecule has 2 rings (SSSR count). The van der Waals surface area contributed by atoms with Gasteiger partial charge in [0.2, 0.25) is 0 Å². The second kappa shape index (κ2) is 6.02. The number of piperidine rings is 1. The Hall–Kier alpha value is -1.99. The molecule has 0 atom stereocenters. The van der Waals surface area contributed by atoms with Gasteiger partial charge in [-0.15, -0.1) is 0 Å². The summed E-state index contributed by atoms with van der Waals surface area (Å²) in [5.74, 6) is -5.03. The van der Waals surface area contributed by atoms with E-state index in [9.17, 15) is 31.5 Å². The minimum absolute atomic E-state index is 0.0114. The number of carbonyl (C=O) groups excluding carboxylic acids is 2. The molecule has 1 aliphatic heterocycles. The van der Waals surface area contributed by atoms with Crippen molar-refractivity contribution in [3.05, 3.63) is 35.4 Å². The summed E-state index contributed by atoms with van der Waals surface area (Å²) in [4.78, 5) is 23.8. The van der Waals surface area contributed by atoms with Crippen molar-refractivity contribution in [2.75, 3.05) is 13.1 Å². The van der Waals surface area contributed by atoms with E-state index in [1.54, 1.807) is 0 Å². The van der Waals surface area contributed by atoms with Crippen LogP contribution in [0, 0.1) is 17.6 Å². The number of benzene rings is 1. The molecule has 1 aliphatic rings. The summed E-state index contributed by atoms with van der Waals surface area (Å²) in [7, 11) is 0. The Kier molecular flexibility index (Phi) is 4.48. The minimum atomic E-state index is -4.94. The summed E-state index contributed by atoms with van der Waals surface area (Å²) >= 11 is 0. The van der Waals surface area contributed by atoms with Crippen LogP contribution >= 0.6 is 0 Å². The third-order valence-electron chi connectivity index (χ3n) is 3.59. The molecule has 1 aromatic carbocycles. The average Bonchev–Trinajstić information content (AvgIpc) is 2.45. The van der Waals surface area contributed by atoms with Gasteiger partial charge in [0, 0.05) is 25.1 Å². The molecule has 0 N–H and O–H groups in total. The molecule has 1 aromatic rings. The number of rotatable bonds is 2. The van der Waals surface area contributed by atoms with Crippen LogP contribution in [0.3, 0.4) is 0 Å². The largest absolute Gasteiger partial charge is 0.471 e. The van der Waals surface area contributed by atoms with E-state index in [1.807, 2.05) is 0 Å². The Morgan fingerprint density at radius 1 is 1.09 bits per heavy atom. The molecular weight excluding hydrogens is 309 g/mol. The van der Waals surface area contributed by atoms with Gasteiger partial charge < -0.3 is 4.90 Å². The topological polar surface area (TPSA) is 37.4 Å². The normalized spacial score (nSPS) is 16.7. The molecule has 1 fully saturated rings. The molecule has 1 saturated heterocycles. The molecule has 22 heavy (non-hydrogen) atoms. The predicted octanol–water partition coefficient (Wildman–Crippen LogP) is 2.95. The quantitative estimate of drug-likeness (QED) is 0.620. The van der Waals surface area contributed by atoms with E-state index in [0.29, 0.717) is 11.0 Å². The van der Waals surface area contributed by atoms with Crippen LogP contribution in [0.5, 0.6) is 0 Å². The standard InChI is InChI=1S/C14H12F5NO2/c15-9-1-2-10(11(16)7-9)12(21)8-3-5-20(6-4-8)13(22)14(17,18)19/h1-2,7-8H,3-6H2. The number of amides is 1. The molecule has 120 valence electrons. The van der Waals surface area contributed by atoms with Crippen LogP contribution in [0.4, 0.5) is 22.0 Å². The van der Waals surface area contributed by atoms with Crippen LogP contribution in [0.2, 0.25) is 0 Å². The Balaban J connectivity index is 2.02. The minimum Gasteiger partial charge on any atom is -0.335 e. The van der Waals surface area contributed by atoms with Gasteiger partial charge in [-0.25, -0.2) is 8.78 Å². The lowest BCUT2D eigenvalue weighted by Gasteiger charge is -2.31. The van der Waals surface area contributed by atoms with Crippen LogP contribution in [0.25, 0.3) is 0 Å². The zero-order valence-electron chi connectivity index (χ0n) is 11.3. The van der Waals surface area contributed by atoms with Crippen LogP contribution < -0.4 is 0 Å². The van der Waals surface area contributed by atoms with Gasteiger partial charge in [0.15, 0.2) is 5.78 Å². The molecule has 8 heteroatoms. The summed E-state index contributed by atoms with van der Waals surface area (Å²) < 4.78 is 63.3. The van der Waals surface area contributed by atoms with Crippen molar-refractivity contribution in [3.63, 3.8) is 0 Å². The number of hydrogen-bond acceptors (Lipinski definition) is 2. The van der Waals surface area contributed by atoms with E-state index in [0.717, 1.165) is 12.1 Å². The van der Waals surface area contributed by atoms with E-state index < -0.39 is 35.4 Å². The van der Waals surface area contributed by atoms with Gasteiger partial charge in [0.1, 0.15) is 11.6 Å².